The van der Waals surface area contributed by atoms with Gasteiger partial charge in [-0.25, -0.2) is 4.98 Å². The molecule has 0 radical (unpaired) electrons. The van der Waals surface area contributed by atoms with E-state index in [0.717, 1.165) is 31.7 Å². The van der Waals surface area contributed by atoms with Gasteiger partial charge in [0, 0.05) is 58.0 Å². The maximum absolute atomic E-state index is 13.1. The third kappa shape index (κ3) is 5.52. The molecule has 0 amide bonds. The minimum absolute atomic E-state index is 0.0435. The van der Waals surface area contributed by atoms with Gasteiger partial charge in [-0.2, -0.15) is 13.2 Å². The quantitative estimate of drug-likeness (QED) is 0.318. The van der Waals surface area contributed by atoms with Gasteiger partial charge in [0.15, 0.2) is 5.60 Å². The fourth-order valence-corrected chi connectivity index (χ4v) is 5.56. The van der Waals surface area contributed by atoms with E-state index in [1.807, 2.05) is 60.7 Å². The average molecular weight is 543 g/mol. The van der Waals surface area contributed by atoms with Crippen LogP contribution in [0.25, 0.3) is 21.2 Å². The number of hydrogen-bond donors (Lipinski definition) is 2. The van der Waals surface area contributed by atoms with Crippen LogP contribution in [0.15, 0.2) is 66.9 Å². The number of nitrogens with zero attached hydrogens (tertiary/aromatic N) is 2. The predicted octanol–water partition coefficient (Wildman–Crippen LogP) is 5.88. The van der Waals surface area contributed by atoms with Gasteiger partial charge >= 0.3 is 6.18 Å². The summed E-state index contributed by atoms with van der Waals surface area (Å²) in [5, 5.41) is 21.5. The minimum Gasteiger partial charge on any atom is -0.388 e. The van der Waals surface area contributed by atoms with E-state index in [4.69, 9.17) is 11.6 Å². The Balaban J connectivity index is 1.26. The van der Waals surface area contributed by atoms with Crippen molar-refractivity contribution >= 4 is 33.0 Å². The lowest BCUT2D eigenvalue weighted by molar-refractivity contribution is -0.303. The highest BCUT2D eigenvalue weighted by molar-refractivity contribution is 7.19. The van der Waals surface area contributed by atoms with E-state index in [1.54, 1.807) is 22.4 Å². The molecule has 3 heterocycles. The number of likely N-dealkylation sites (tertiary alicyclic amines) is 1. The molecule has 1 aliphatic rings. The van der Waals surface area contributed by atoms with Crippen LogP contribution in [0.5, 0.6) is 0 Å². The fraction of sp³-hybridized carbons (Fsp3) is 0.250. The molecule has 9 heteroatoms. The van der Waals surface area contributed by atoms with Crippen LogP contribution in [0.3, 0.4) is 0 Å². The zero-order valence-corrected chi connectivity index (χ0v) is 21.0. The number of aliphatic hydroxyl groups is 2. The number of pyridine rings is 1. The number of fused-ring (bicyclic) bond motifs is 1. The molecule has 0 unspecified atom stereocenters. The van der Waals surface area contributed by atoms with E-state index < -0.39 is 24.3 Å². The third-order valence-corrected chi connectivity index (χ3v) is 7.86. The van der Waals surface area contributed by atoms with Crippen LogP contribution >= 0.6 is 22.9 Å². The molecule has 0 spiro atoms. The van der Waals surface area contributed by atoms with Crippen LogP contribution in [-0.2, 0) is 6.54 Å². The Morgan fingerprint density at radius 1 is 1.05 bits per heavy atom. The van der Waals surface area contributed by atoms with Gasteiger partial charge in [-0.3, -0.25) is 4.90 Å². The molecule has 37 heavy (non-hydrogen) atoms. The number of β-amino-alcohol motifs (C(OH)–C–C–N with tert-alkyl or cyclic N) is 1. The SMILES string of the molecule is O[C@H]1CN(Cc2cc3cc(C#Cc4ccc(-c5ccc(Cl)cc5)cn4)ccc3s2)CC[C@]1(O)C(F)(F)F. The van der Waals surface area contributed by atoms with Crippen molar-refractivity contribution < 1.29 is 23.4 Å². The second-order valence-electron chi connectivity index (χ2n) is 9.08. The predicted molar refractivity (Wildman–Crippen MR) is 139 cm³/mol. The standard InChI is InChI=1S/C28H22ClF3N2O2S/c29-22-6-3-19(4-7-22)20-5-9-23(33-15-20)8-1-18-2-10-25-21(13-18)14-24(37-25)16-34-12-11-27(36,26(35)17-34)28(30,31)32/h2-7,9-10,13-15,26,35-36H,11-12,16-17H2/t26-,27+/m0/s1. The second-order valence-corrected chi connectivity index (χ2v) is 10.7. The van der Waals surface area contributed by atoms with Gasteiger partial charge in [-0.05, 0) is 59.3 Å². The number of alkyl halides is 3. The number of halogens is 4. The largest absolute Gasteiger partial charge is 0.419 e. The summed E-state index contributed by atoms with van der Waals surface area (Å²) in [5.41, 5.74) is 0.404. The number of aliphatic hydroxyl groups excluding tert-OH is 1. The molecular formula is C28H22ClF3N2O2S. The Hall–Kier alpha value is -2.93. The van der Waals surface area contributed by atoms with Crippen LogP contribution < -0.4 is 0 Å². The van der Waals surface area contributed by atoms with Gasteiger partial charge < -0.3 is 10.2 Å². The number of hydrogen-bond acceptors (Lipinski definition) is 5. The molecule has 4 nitrogen and oxygen atoms in total. The average Bonchev–Trinajstić information content (AvgIpc) is 3.27. The van der Waals surface area contributed by atoms with Crippen molar-refractivity contribution in [3.05, 3.63) is 88.0 Å². The summed E-state index contributed by atoms with van der Waals surface area (Å²) in [6.45, 7) is 0.196. The van der Waals surface area contributed by atoms with Crippen molar-refractivity contribution in [3.63, 3.8) is 0 Å². The topological polar surface area (TPSA) is 56.6 Å². The molecular weight excluding hydrogens is 521 g/mol. The highest BCUT2D eigenvalue weighted by Gasteiger charge is 2.59. The highest BCUT2D eigenvalue weighted by atomic mass is 35.5. The molecule has 0 saturated carbocycles. The van der Waals surface area contributed by atoms with E-state index >= 15 is 0 Å². The first-order valence-electron chi connectivity index (χ1n) is 11.6. The van der Waals surface area contributed by atoms with Crippen molar-refractivity contribution in [3.8, 4) is 23.0 Å². The summed E-state index contributed by atoms with van der Waals surface area (Å²) in [6.07, 6.45) is -5.53. The molecule has 2 N–H and O–H groups in total. The van der Waals surface area contributed by atoms with Crippen molar-refractivity contribution in [2.24, 2.45) is 0 Å². The van der Waals surface area contributed by atoms with Gasteiger partial charge in [0.2, 0.25) is 0 Å². The van der Waals surface area contributed by atoms with E-state index in [1.165, 1.54) is 0 Å². The van der Waals surface area contributed by atoms with E-state index in [2.05, 4.69) is 16.8 Å². The van der Waals surface area contributed by atoms with Crippen molar-refractivity contribution in [2.45, 2.75) is 30.8 Å². The number of thiophene rings is 1. The van der Waals surface area contributed by atoms with E-state index in [9.17, 15) is 23.4 Å². The third-order valence-electron chi connectivity index (χ3n) is 6.51. The molecule has 0 bridgehead atoms. The zero-order valence-electron chi connectivity index (χ0n) is 19.5. The maximum Gasteiger partial charge on any atom is 0.419 e. The van der Waals surface area contributed by atoms with E-state index in [-0.39, 0.29) is 13.1 Å². The van der Waals surface area contributed by atoms with Gasteiger partial charge in [0.05, 0.1) is 0 Å². The highest BCUT2D eigenvalue weighted by Crippen LogP contribution is 2.39. The lowest BCUT2D eigenvalue weighted by atomic mass is 9.88. The molecule has 1 aliphatic heterocycles. The molecule has 190 valence electrons. The van der Waals surface area contributed by atoms with Gasteiger partial charge in [-0.1, -0.05) is 35.7 Å². The summed E-state index contributed by atoms with van der Waals surface area (Å²) in [7, 11) is 0. The summed E-state index contributed by atoms with van der Waals surface area (Å²) >= 11 is 7.49. The van der Waals surface area contributed by atoms with Gasteiger partial charge in [0.25, 0.3) is 0 Å². The van der Waals surface area contributed by atoms with Gasteiger partial charge in [0.1, 0.15) is 11.8 Å². The molecule has 1 saturated heterocycles. The number of rotatable bonds is 3. The minimum atomic E-state index is -4.86. The van der Waals surface area contributed by atoms with Crippen LogP contribution in [0.4, 0.5) is 13.2 Å². The molecule has 2 aromatic heterocycles. The Bertz CT molecular complexity index is 1480. The van der Waals surface area contributed by atoms with Crippen LogP contribution in [0.2, 0.25) is 5.02 Å². The summed E-state index contributed by atoms with van der Waals surface area (Å²) in [5.74, 6) is 6.22. The smallest absolute Gasteiger partial charge is 0.388 e. The Morgan fingerprint density at radius 2 is 1.81 bits per heavy atom. The first-order chi connectivity index (χ1) is 17.6. The fourth-order valence-electron chi connectivity index (χ4n) is 4.35. The summed E-state index contributed by atoms with van der Waals surface area (Å²) in [6, 6.07) is 19.2. The van der Waals surface area contributed by atoms with E-state index in [0.29, 0.717) is 17.3 Å². The monoisotopic (exact) mass is 542 g/mol. The Labute approximate surface area is 221 Å². The Kier molecular flexibility index (Phi) is 7.01. The van der Waals surface area contributed by atoms with Crippen LogP contribution in [0.1, 0.15) is 22.6 Å². The normalized spacial score (nSPS) is 20.5. The first kappa shape index (κ1) is 25.7. The molecule has 1 fully saturated rings. The van der Waals surface area contributed by atoms with Crippen LogP contribution in [0, 0.1) is 11.8 Å². The lowest BCUT2D eigenvalue weighted by Crippen LogP contribution is -2.62. The van der Waals surface area contributed by atoms with Gasteiger partial charge in [-0.15, -0.1) is 11.3 Å². The molecule has 0 aliphatic carbocycles. The molecule has 2 atom stereocenters. The zero-order chi connectivity index (χ0) is 26.2. The molecule has 4 aromatic rings. The number of benzene rings is 2. The van der Waals surface area contributed by atoms with Crippen LogP contribution in [-0.4, -0.2) is 51.1 Å². The summed E-state index contributed by atoms with van der Waals surface area (Å²) in [4.78, 5) is 7.13. The Morgan fingerprint density at radius 3 is 2.49 bits per heavy atom. The number of piperidine rings is 1. The first-order valence-corrected chi connectivity index (χ1v) is 12.8. The lowest BCUT2D eigenvalue weighted by Gasteiger charge is -2.42. The molecule has 5 rings (SSSR count). The summed E-state index contributed by atoms with van der Waals surface area (Å²) < 4.78 is 40.4. The maximum atomic E-state index is 13.1. The molecule has 2 aromatic carbocycles. The second kappa shape index (κ2) is 10.1. The van der Waals surface area contributed by atoms with Crippen molar-refractivity contribution in [2.75, 3.05) is 13.1 Å². The number of aromatic nitrogens is 1. The van der Waals surface area contributed by atoms with Crippen molar-refractivity contribution in [1.29, 1.82) is 0 Å². The van der Waals surface area contributed by atoms with Crippen molar-refractivity contribution in [1.82, 2.24) is 9.88 Å².